The zero-order chi connectivity index (χ0) is 13.0. The van der Waals surface area contributed by atoms with E-state index < -0.39 is 21.6 Å². The zero-order valence-electron chi connectivity index (χ0n) is 8.89. The molecular weight excluding hydrogens is 262 g/mol. The Bertz CT molecular complexity index is 265. The molecule has 4 N–H and O–H groups in total. The monoisotopic (exact) mass is 278 g/mol. The molecule has 10 heteroatoms. The van der Waals surface area contributed by atoms with E-state index in [1.165, 1.54) is 0 Å². The van der Waals surface area contributed by atoms with Gasteiger partial charge in [0.25, 0.3) is 0 Å². The summed E-state index contributed by atoms with van der Waals surface area (Å²) in [6.07, 6.45) is 0. The maximum Gasteiger partial charge on any atom is 0.469 e. The van der Waals surface area contributed by atoms with Gasteiger partial charge in [-0.15, -0.1) is 0 Å². The molecular formula is C6H16O8P2. The van der Waals surface area contributed by atoms with Crippen molar-refractivity contribution in [3.63, 3.8) is 0 Å². The first kappa shape index (κ1) is 16.2. The van der Waals surface area contributed by atoms with Crippen LogP contribution in [0.1, 0.15) is 13.8 Å². The summed E-state index contributed by atoms with van der Waals surface area (Å²) in [5.41, 5.74) is 0. The molecule has 0 bridgehead atoms. The molecule has 0 rings (SSSR count). The summed E-state index contributed by atoms with van der Waals surface area (Å²) in [5.74, 6) is -0.613. The topological polar surface area (TPSA) is 134 Å². The molecule has 0 aromatic rings. The van der Waals surface area contributed by atoms with Crippen molar-refractivity contribution in [3.05, 3.63) is 0 Å². The van der Waals surface area contributed by atoms with E-state index in [2.05, 4.69) is 9.05 Å². The van der Waals surface area contributed by atoms with Gasteiger partial charge in [0.1, 0.15) is 0 Å². The van der Waals surface area contributed by atoms with Crippen LogP contribution in [-0.2, 0) is 18.2 Å². The van der Waals surface area contributed by atoms with Crippen LogP contribution < -0.4 is 0 Å². The van der Waals surface area contributed by atoms with Crippen LogP contribution in [0.4, 0.5) is 0 Å². The molecule has 98 valence electrons. The van der Waals surface area contributed by atoms with Crippen LogP contribution in [0.2, 0.25) is 0 Å². The highest BCUT2D eigenvalue weighted by molar-refractivity contribution is 7.46. The van der Waals surface area contributed by atoms with Crippen LogP contribution in [0.3, 0.4) is 0 Å². The molecule has 0 fully saturated rings. The maximum atomic E-state index is 10.4. The lowest BCUT2D eigenvalue weighted by molar-refractivity contribution is 0.0968. The lowest BCUT2D eigenvalue weighted by atomic mass is 9.98. The van der Waals surface area contributed by atoms with E-state index in [1.54, 1.807) is 13.8 Å². The normalized spacial score (nSPS) is 13.8. The van der Waals surface area contributed by atoms with Gasteiger partial charge < -0.3 is 19.6 Å². The molecule has 0 saturated heterocycles. The van der Waals surface area contributed by atoms with Gasteiger partial charge in [-0.3, -0.25) is 9.05 Å². The Morgan fingerprint density at radius 1 is 0.938 bits per heavy atom. The van der Waals surface area contributed by atoms with E-state index in [1.807, 2.05) is 0 Å². The first-order valence-corrected chi connectivity index (χ1v) is 7.47. The molecule has 0 aliphatic rings. The van der Waals surface area contributed by atoms with Crippen molar-refractivity contribution in [2.75, 3.05) is 13.2 Å². The molecule has 0 aliphatic carbocycles. The number of phosphoric ester groups is 2. The third kappa shape index (κ3) is 9.45. The minimum atomic E-state index is -4.57. The number of hydrogen-bond acceptors (Lipinski definition) is 4. The van der Waals surface area contributed by atoms with Crippen molar-refractivity contribution in [3.8, 4) is 0 Å². The molecule has 0 spiro atoms. The fourth-order valence-corrected chi connectivity index (χ4v) is 1.59. The van der Waals surface area contributed by atoms with E-state index in [0.717, 1.165) is 0 Å². The first-order valence-electron chi connectivity index (χ1n) is 4.41. The van der Waals surface area contributed by atoms with Crippen molar-refractivity contribution in [1.29, 1.82) is 0 Å². The minimum absolute atomic E-state index is 0.0990. The van der Waals surface area contributed by atoms with Crippen LogP contribution in [0, 0.1) is 11.8 Å². The van der Waals surface area contributed by atoms with Crippen molar-refractivity contribution in [2.45, 2.75) is 13.8 Å². The molecule has 8 nitrogen and oxygen atoms in total. The molecule has 0 aromatic heterocycles. The predicted octanol–water partition coefficient (Wildman–Crippen LogP) is 0.477. The Hall–Kier alpha value is 0.220. The third-order valence-corrected chi connectivity index (χ3v) is 2.83. The summed E-state index contributed by atoms with van der Waals surface area (Å²) in [6.45, 7) is 2.78. The number of phosphoric acid groups is 2. The average Bonchev–Trinajstić information content (AvgIpc) is 1.98. The quantitative estimate of drug-likeness (QED) is 0.494. The zero-order valence-corrected chi connectivity index (χ0v) is 10.7. The standard InChI is InChI=1S/C6H16O8P2/c1-5(2)6(3-13-15(7,8)9)4-14-16(10,11)12/h5-6H,3-4H2,1-2H3,(H2,7,8,9)(H2,10,11,12). The third-order valence-electron chi connectivity index (χ3n) is 1.86. The van der Waals surface area contributed by atoms with Gasteiger partial charge in [0.05, 0.1) is 13.2 Å². The van der Waals surface area contributed by atoms with Crippen molar-refractivity contribution < 1.29 is 37.8 Å². The van der Waals surface area contributed by atoms with Crippen LogP contribution in [0.5, 0.6) is 0 Å². The Kier molecular flexibility index (Phi) is 6.32. The molecule has 0 unspecified atom stereocenters. The van der Waals surface area contributed by atoms with Crippen LogP contribution >= 0.6 is 15.6 Å². The predicted molar refractivity (Wildman–Crippen MR) is 54.3 cm³/mol. The molecule has 0 radical (unpaired) electrons. The van der Waals surface area contributed by atoms with Gasteiger partial charge in [-0.1, -0.05) is 13.8 Å². The number of rotatable bonds is 7. The molecule has 0 saturated carbocycles. The van der Waals surface area contributed by atoms with Gasteiger partial charge >= 0.3 is 15.6 Å². The van der Waals surface area contributed by atoms with E-state index in [9.17, 15) is 9.13 Å². The van der Waals surface area contributed by atoms with Gasteiger partial charge in [0.15, 0.2) is 0 Å². The lowest BCUT2D eigenvalue weighted by Crippen LogP contribution is -2.20. The van der Waals surface area contributed by atoms with Crippen molar-refractivity contribution >= 4 is 15.6 Å². The first-order chi connectivity index (χ1) is 7.01. The Morgan fingerprint density at radius 3 is 1.44 bits per heavy atom. The van der Waals surface area contributed by atoms with Gasteiger partial charge in [-0.25, -0.2) is 9.13 Å². The second-order valence-electron chi connectivity index (χ2n) is 3.58. The Morgan fingerprint density at radius 2 is 1.25 bits per heavy atom. The Labute approximate surface area is 93.1 Å². The highest BCUT2D eigenvalue weighted by Crippen LogP contribution is 2.39. The summed E-state index contributed by atoms with van der Waals surface area (Å²) in [4.78, 5) is 33.9. The second kappa shape index (κ2) is 6.23. The smallest absolute Gasteiger partial charge is 0.303 e. The molecule has 0 aliphatic heterocycles. The fraction of sp³-hybridized carbons (Fsp3) is 1.00. The highest BCUT2D eigenvalue weighted by atomic mass is 31.2. The average molecular weight is 278 g/mol. The molecule has 16 heavy (non-hydrogen) atoms. The lowest BCUT2D eigenvalue weighted by Gasteiger charge is -2.20. The van der Waals surface area contributed by atoms with Crippen LogP contribution in [0.15, 0.2) is 0 Å². The molecule has 0 amide bonds. The summed E-state index contributed by atoms with van der Waals surface area (Å²) in [5, 5.41) is 0. The summed E-state index contributed by atoms with van der Waals surface area (Å²) < 4.78 is 29.4. The van der Waals surface area contributed by atoms with Gasteiger partial charge in [0.2, 0.25) is 0 Å². The van der Waals surface area contributed by atoms with Gasteiger partial charge in [-0.05, 0) is 5.92 Å². The summed E-state index contributed by atoms with van der Waals surface area (Å²) in [6, 6.07) is 0. The van der Waals surface area contributed by atoms with E-state index in [0.29, 0.717) is 0 Å². The van der Waals surface area contributed by atoms with E-state index in [4.69, 9.17) is 19.6 Å². The summed E-state index contributed by atoms with van der Waals surface area (Å²) in [7, 11) is -9.15. The maximum absolute atomic E-state index is 10.4. The molecule has 0 atom stereocenters. The van der Waals surface area contributed by atoms with Gasteiger partial charge in [0, 0.05) is 5.92 Å². The summed E-state index contributed by atoms with van der Waals surface area (Å²) >= 11 is 0. The molecule has 0 heterocycles. The Balaban J connectivity index is 4.19. The number of hydrogen-bond donors (Lipinski definition) is 4. The largest absolute Gasteiger partial charge is 0.469 e. The van der Waals surface area contributed by atoms with Crippen LogP contribution in [0.25, 0.3) is 0 Å². The second-order valence-corrected chi connectivity index (χ2v) is 6.06. The van der Waals surface area contributed by atoms with Crippen LogP contribution in [-0.4, -0.2) is 32.8 Å². The fourth-order valence-electron chi connectivity index (χ4n) is 0.819. The molecule has 0 aromatic carbocycles. The minimum Gasteiger partial charge on any atom is -0.303 e. The van der Waals surface area contributed by atoms with E-state index in [-0.39, 0.29) is 19.1 Å². The van der Waals surface area contributed by atoms with Crippen molar-refractivity contribution in [2.24, 2.45) is 11.8 Å². The van der Waals surface area contributed by atoms with Gasteiger partial charge in [-0.2, -0.15) is 0 Å². The van der Waals surface area contributed by atoms with E-state index >= 15 is 0 Å². The highest BCUT2D eigenvalue weighted by Gasteiger charge is 2.24. The van der Waals surface area contributed by atoms with Crippen molar-refractivity contribution in [1.82, 2.24) is 0 Å². The SMILES string of the molecule is CC(C)C(COP(=O)(O)O)COP(=O)(O)O.